The van der Waals surface area contributed by atoms with E-state index in [1.807, 2.05) is 78.9 Å². The monoisotopic (exact) mass is 496 g/mol. The summed E-state index contributed by atoms with van der Waals surface area (Å²) in [6.07, 6.45) is 3.61. The minimum absolute atomic E-state index is 0.0311. The minimum atomic E-state index is -0.890. The summed E-state index contributed by atoms with van der Waals surface area (Å²) < 4.78 is 5.50. The maximum absolute atomic E-state index is 13.7. The fourth-order valence-corrected chi connectivity index (χ4v) is 5.79. The fraction of sp³-hybridized carbons (Fsp3) is 0.323. The summed E-state index contributed by atoms with van der Waals surface area (Å²) in [5, 5.41) is 5.22. The van der Waals surface area contributed by atoms with Gasteiger partial charge in [0.1, 0.15) is 5.41 Å². The molecule has 6 heteroatoms. The predicted molar refractivity (Wildman–Crippen MR) is 142 cm³/mol. The highest BCUT2D eigenvalue weighted by atomic mass is 16.5. The maximum atomic E-state index is 13.7. The summed E-state index contributed by atoms with van der Waals surface area (Å²) in [7, 11) is 0. The van der Waals surface area contributed by atoms with Gasteiger partial charge in [-0.3, -0.25) is 14.4 Å². The molecule has 0 bridgehead atoms. The molecule has 1 heterocycles. The first-order chi connectivity index (χ1) is 18.0. The Hall–Kier alpha value is -3.93. The van der Waals surface area contributed by atoms with Gasteiger partial charge in [-0.15, -0.1) is 0 Å². The summed E-state index contributed by atoms with van der Waals surface area (Å²) >= 11 is 0. The van der Waals surface area contributed by atoms with Gasteiger partial charge in [0, 0.05) is 24.6 Å². The first kappa shape index (κ1) is 24.8. The van der Waals surface area contributed by atoms with E-state index in [1.54, 1.807) is 11.8 Å². The molecular formula is C31H32N2O4. The van der Waals surface area contributed by atoms with Crippen molar-refractivity contribution in [3.8, 4) is 0 Å². The highest BCUT2D eigenvalue weighted by molar-refractivity contribution is 5.93. The normalized spacial score (nSPS) is 20.9. The van der Waals surface area contributed by atoms with Crippen LogP contribution in [-0.2, 0) is 32.2 Å². The second-order valence-corrected chi connectivity index (χ2v) is 9.86. The van der Waals surface area contributed by atoms with Crippen LogP contribution in [0.3, 0.4) is 0 Å². The lowest BCUT2D eigenvalue weighted by Crippen LogP contribution is -2.52. The van der Waals surface area contributed by atoms with Crippen molar-refractivity contribution < 1.29 is 19.1 Å². The Labute approximate surface area is 217 Å². The van der Waals surface area contributed by atoms with Crippen molar-refractivity contribution in [2.24, 2.45) is 11.3 Å². The van der Waals surface area contributed by atoms with Crippen molar-refractivity contribution in [3.63, 3.8) is 0 Å². The number of hydrogen-bond acceptors (Lipinski definition) is 4. The first-order valence-corrected chi connectivity index (χ1v) is 13.0. The summed E-state index contributed by atoms with van der Waals surface area (Å²) in [6, 6.07) is 23.8. The molecule has 2 amide bonds. The number of amides is 2. The second kappa shape index (κ2) is 10.6. The van der Waals surface area contributed by atoms with Crippen molar-refractivity contribution in [1.29, 1.82) is 0 Å². The largest absolute Gasteiger partial charge is 0.465 e. The van der Waals surface area contributed by atoms with Gasteiger partial charge in [-0.2, -0.15) is 0 Å². The number of carbonyl (C=O) groups is 3. The lowest BCUT2D eigenvalue weighted by Gasteiger charge is -2.44. The zero-order chi connectivity index (χ0) is 25.8. The van der Waals surface area contributed by atoms with Crippen LogP contribution < -0.4 is 5.32 Å². The topological polar surface area (TPSA) is 75.7 Å². The molecule has 2 aliphatic rings. The number of likely N-dealkylation sites (tertiary alicyclic amines) is 1. The Morgan fingerprint density at radius 2 is 1.78 bits per heavy atom. The van der Waals surface area contributed by atoms with E-state index in [0.717, 1.165) is 27.6 Å². The number of nitrogens with zero attached hydrogens (tertiary/aromatic N) is 1. The maximum Gasteiger partial charge on any atom is 0.318 e. The van der Waals surface area contributed by atoms with E-state index < -0.39 is 11.3 Å². The van der Waals surface area contributed by atoms with Crippen molar-refractivity contribution in [2.75, 3.05) is 6.61 Å². The first-order valence-electron chi connectivity index (χ1n) is 13.0. The number of nitrogens with one attached hydrogen (secondary N) is 1. The highest BCUT2D eigenvalue weighted by Gasteiger charge is 2.55. The Morgan fingerprint density at radius 1 is 1.03 bits per heavy atom. The smallest absolute Gasteiger partial charge is 0.318 e. The van der Waals surface area contributed by atoms with Gasteiger partial charge in [0.2, 0.25) is 11.8 Å². The lowest BCUT2D eigenvalue weighted by atomic mass is 9.71. The number of hydrogen-bond donors (Lipinski definition) is 1. The molecule has 1 N–H and O–H groups in total. The molecule has 37 heavy (non-hydrogen) atoms. The SMILES string of the molecule is CCOC(=O)[C@]12CCC=C1N(Cc1ccccc1)C(=O)[C@H](CC(=O)NCc1cccc3ccccc13)C2. The van der Waals surface area contributed by atoms with Crippen molar-refractivity contribution in [2.45, 2.75) is 45.7 Å². The van der Waals surface area contributed by atoms with E-state index in [2.05, 4.69) is 5.32 Å². The van der Waals surface area contributed by atoms with Crippen LogP contribution in [0.2, 0.25) is 0 Å². The van der Waals surface area contributed by atoms with Gasteiger partial charge in [0.25, 0.3) is 0 Å². The lowest BCUT2D eigenvalue weighted by molar-refractivity contribution is -0.161. The van der Waals surface area contributed by atoms with Crippen molar-refractivity contribution in [3.05, 3.63) is 95.7 Å². The second-order valence-electron chi connectivity index (χ2n) is 9.86. The molecule has 0 aromatic heterocycles. The summed E-state index contributed by atoms with van der Waals surface area (Å²) in [5.74, 6) is -1.21. The van der Waals surface area contributed by atoms with Crippen LogP contribution in [0.5, 0.6) is 0 Å². The summed E-state index contributed by atoms with van der Waals surface area (Å²) in [5.41, 5.74) is 1.84. The minimum Gasteiger partial charge on any atom is -0.465 e. The van der Waals surface area contributed by atoms with Crippen molar-refractivity contribution in [1.82, 2.24) is 10.2 Å². The Morgan fingerprint density at radius 3 is 2.59 bits per heavy atom. The molecule has 1 aliphatic heterocycles. The van der Waals surface area contributed by atoms with E-state index >= 15 is 0 Å². The van der Waals surface area contributed by atoms with Gasteiger partial charge in [0.05, 0.1) is 13.2 Å². The fourth-order valence-electron chi connectivity index (χ4n) is 5.79. The van der Waals surface area contributed by atoms with Crippen LogP contribution in [0.25, 0.3) is 10.8 Å². The number of benzene rings is 3. The van der Waals surface area contributed by atoms with Crippen molar-refractivity contribution >= 4 is 28.6 Å². The van der Waals surface area contributed by atoms with Gasteiger partial charge in [0.15, 0.2) is 0 Å². The standard InChI is InChI=1S/C31H32N2O4/c1-2-37-30(36)31-17-9-16-27(31)33(21-22-10-4-3-5-11-22)29(35)25(19-31)18-28(34)32-20-24-14-8-13-23-12-6-7-15-26(23)24/h3-8,10-16,25H,2,9,17-21H2,1H3,(H,32,34)/t25-,31+/m1/s1. The summed E-state index contributed by atoms with van der Waals surface area (Å²) in [4.78, 5) is 41.8. The number of rotatable bonds is 8. The molecule has 1 saturated heterocycles. The molecule has 1 aliphatic carbocycles. The van der Waals surface area contributed by atoms with Gasteiger partial charge >= 0.3 is 5.97 Å². The van der Waals surface area contributed by atoms with Crippen LogP contribution in [0.4, 0.5) is 0 Å². The molecule has 6 nitrogen and oxygen atoms in total. The number of fused-ring (bicyclic) bond motifs is 2. The number of allylic oxidation sites excluding steroid dienone is 1. The number of carbonyl (C=O) groups excluding carboxylic acids is 3. The van der Waals surface area contributed by atoms with E-state index in [4.69, 9.17) is 4.74 Å². The summed E-state index contributed by atoms with van der Waals surface area (Å²) in [6.45, 7) is 2.81. The number of esters is 1. The molecule has 3 aromatic rings. The van der Waals surface area contributed by atoms with Gasteiger partial charge in [-0.05, 0) is 48.1 Å². The molecule has 5 rings (SSSR count). The molecule has 2 atom stereocenters. The Bertz CT molecular complexity index is 1340. The van der Waals surface area contributed by atoms with Gasteiger partial charge in [-0.25, -0.2) is 0 Å². The third-order valence-electron chi connectivity index (χ3n) is 7.54. The van der Waals surface area contributed by atoms with E-state index in [-0.39, 0.29) is 30.8 Å². The molecule has 0 spiro atoms. The molecule has 0 unspecified atom stereocenters. The molecule has 3 aromatic carbocycles. The van der Waals surface area contributed by atoms with E-state index in [0.29, 0.717) is 32.4 Å². The van der Waals surface area contributed by atoms with E-state index in [9.17, 15) is 14.4 Å². The van der Waals surface area contributed by atoms with Crippen LogP contribution in [0, 0.1) is 11.3 Å². The van der Waals surface area contributed by atoms with Crippen LogP contribution in [-0.4, -0.2) is 29.3 Å². The Balaban J connectivity index is 1.36. The molecular weight excluding hydrogens is 464 g/mol. The molecule has 0 radical (unpaired) electrons. The Kier molecular flexibility index (Phi) is 7.08. The number of piperidine rings is 1. The third kappa shape index (κ3) is 4.88. The molecule has 1 fully saturated rings. The average Bonchev–Trinajstić information content (AvgIpc) is 3.35. The third-order valence-corrected chi connectivity index (χ3v) is 7.54. The van der Waals surface area contributed by atoms with Crippen LogP contribution in [0.15, 0.2) is 84.6 Å². The molecule has 0 saturated carbocycles. The highest BCUT2D eigenvalue weighted by Crippen LogP contribution is 2.51. The zero-order valence-corrected chi connectivity index (χ0v) is 21.1. The van der Waals surface area contributed by atoms with Crippen LogP contribution in [0.1, 0.15) is 43.7 Å². The van der Waals surface area contributed by atoms with Gasteiger partial charge < -0.3 is 15.0 Å². The zero-order valence-electron chi connectivity index (χ0n) is 21.1. The number of ether oxygens (including phenoxy) is 1. The van der Waals surface area contributed by atoms with Crippen LogP contribution >= 0.6 is 0 Å². The quantitative estimate of drug-likeness (QED) is 0.439. The van der Waals surface area contributed by atoms with Gasteiger partial charge in [-0.1, -0.05) is 78.9 Å². The predicted octanol–water partition coefficient (Wildman–Crippen LogP) is 5.12. The molecule has 190 valence electrons. The average molecular weight is 497 g/mol. The van der Waals surface area contributed by atoms with E-state index in [1.165, 1.54) is 0 Å².